The fourth-order valence-electron chi connectivity index (χ4n) is 4.97. The summed E-state index contributed by atoms with van der Waals surface area (Å²) >= 11 is 6.84. The number of rotatable bonds is 5. The Labute approximate surface area is 218 Å². The van der Waals surface area contributed by atoms with Gasteiger partial charge in [0.1, 0.15) is 17.1 Å². The van der Waals surface area contributed by atoms with Crippen molar-refractivity contribution >= 4 is 46.3 Å². The van der Waals surface area contributed by atoms with E-state index in [2.05, 4.69) is 18.3 Å². The minimum absolute atomic E-state index is 0.147. The van der Waals surface area contributed by atoms with Crippen LogP contribution in [0.5, 0.6) is 0 Å². The van der Waals surface area contributed by atoms with Gasteiger partial charge in [0, 0.05) is 6.42 Å². The van der Waals surface area contributed by atoms with Crippen LogP contribution in [0.15, 0.2) is 54.6 Å². The molecule has 0 spiro atoms. The van der Waals surface area contributed by atoms with Crippen LogP contribution in [0.25, 0.3) is 0 Å². The molecule has 0 radical (unpaired) electrons. The summed E-state index contributed by atoms with van der Waals surface area (Å²) in [5.41, 5.74) is 3.71. The lowest BCUT2D eigenvalue weighted by Crippen LogP contribution is -2.48. The minimum Gasteiger partial charge on any atom is -0.315 e. The van der Waals surface area contributed by atoms with Gasteiger partial charge in [0.2, 0.25) is 5.91 Å². The smallest absolute Gasteiger partial charge is 0.262 e. The number of nitrogens with zero attached hydrogens (tertiary/aromatic N) is 2. The Morgan fingerprint density at radius 3 is 2.39 bits per heavy atom. The third kappa shape index (κ3) is 4.25. The maximum Gasteiger partial charge on any atom is 0.262 e. The van der Waals surface area contributed by atoms with E-state index in [-0.39, 0.29) is 17.5 Å². The molecule has 5 rings (SSSR count). The molecule has 180 valence electrons. The van der Waals surface area contributed by atoms with E-state index >= 15 is 0 Å². The van der Waals surface area contributed by atoms with Gasteiger partial charge in [0.05, 0.1) is 20.5 Å². The molecule has 1 aliphatic heterocycles. The molecule has 2 atom stereocenters. The Bertz CT molecular complexity index is 1460. The van der Waals surface area contributed by atoms with E-state index in [9.17, 15) is 19.6 Å². The van der Waals surface area contributed by atoms with Crippen LogP contribution in [0.1, 0.15) is 56.3 Å². The van der Waals surface area contributed by atoms with Crippen molar-refractivity contribution in [2.45, 2.75) is 38.6 Å². The van der Waals surface area contributed by atoms with Crippen molar-refractivity contribution in [2.75, 3.05) is 5.32 Å². The quantitative estimate of drug-likeness (QED) is 0.368. The second kappa shape index (κ2) is 9.76. The van der Waals surface area contributed by atoms with Crippen molar-refractivity contribution < 1.29 is 14.4 Å². The average Bonchev–Trinajstić information content (AvgIpc) is 3.13. The third-order valence-electron chi connectivity index (χ3n) is 6.83. The number of carbonyl (C=O) groups excluding carboxylic acids is 3. The molecule has 0 saturated heterocycles. The first-order valence-electron chi connectivity index (χ1n) is 11.8. The van der Waals surface area contributed by atoms with E-state index in [4.69, 9.17) is 12.2 Å². The Morgan fingerprint density at radius 2 is 1.75 bits per heavy atom. The molecule has 1 aliphatic carbocycles. The Morgan fingerprint density at radius 1 is 1.11 bits per heavy atom. The van der Waals surface area contributed by atoms with Gasteiger partial charge < -0.3 is 5.32 Å². The largest absolute Gasteiger partial charge is 0.315 e. The number of hydrogen-bond acceptors (Lipinski definition) is 6. The predicted molar refractivity (Wildman–Crippen MR) is 141 cm³/mol. The zero-order valence-electron chi connectivity index (χ0n) is 19.6. The summed E-state index contributed by atoms with van der Waals surface area (Å²) in [6, 6.07) is 17.0. The highest BCUT2D eigenvalue weighted by molar-refractivity contribution is 7.73. The first-order chi connectivity index (χ1) is 17.4. The van der Waals surface area contributed by atoms with Crippen LogP contribution >= 0.6 is 23.6 Å². The normalized spacial score (nSPS) is 17.2. The number of hydrogen-bond donors (Lipinski definition) is 1. The van der Waals surface area contributed by atoms with Crippen LogP contribution in [-0.4, -0.2) is 28.7 Å². The molecular formula is C28H23N3O3S2. The van der Waals surface area contributed by atoms with Gasteiger partial charge in [0.25, 0.3) is 11.8 Å². The molecule has 36 heavy (non-hydrogen) atoms. The van der Waals surface area contributed by atoms with Gasteiger partial charge in [-0.05, 0) is 54.0 Å². The molecule has 0 bridgehead atoms. The molecule has 1 N–H and O–H groups in total. The highest BCUT2D eigenvalue weighted by atomic mass is 32.1. The number of fused-ring (bicyclic) bond motifs is 2. The molecular weight excluding hydrogens is 490 g/mol. The van der Waals surface area contributed by atoms with E-state index in [1.54, 1.807) is 24.3 Å². The Balaban J connectivity index is 1.53. The topological polar surface area (TPSA) is 90.3 Å². The number of nitrogens with one attached hydrogen (secondary N) is 1. The zero-order chi connectivity index (χ0) is 25.4. The van der Waals surface area contributed by atoms with Crippen LogP contribution in [0.2, 0.25) is 0 Å². The number of imide groups is 1. The fraction of sp³-hybridized carbons (Fsp3) is 0.250. The summed E-state index contributed by atoms with van der Waals surface area (Å²) in [7, 11) is 0. The van der Waals surface area contributed by atoms with Crippen LogP contribution in [0.4, 0.5) is 5.00 Å². The van der Waals surface area contributed by atoms with Crippen molar-refractivity contribution in [1.82, 2.24) is 4.90 Å². The van der Waals surface area contributed by atoms with Gasteiger partial charge in [-0.2, -0.15) is 5.26 Å². The Kier molecular flexibility index (Phi) is 6.52. The van der Waals surface area contributed by atoms with Gasteiger partial charge >= 0.3 is 0 Å². The van der Waals surface area contributed by atoms with Crippen LogP contribution in [0.3, 0.4) is 0 Å². The lowest BCUT2D eigenvalue weighted by atomic mass is 9.85. The van der Waals surface area contributed by atoms with Gasteiger partial charge in [-0.15, -0.1) is 11.3 Å². The SMILES string of the molecule is CC1CCc2c(C#N)c(NC(=O)C(Cc3ccccc3)N3C(=O)c4ccccc4C3=O)sc(=S)c2C1. The molecule has 3 aromatic rings. The summed E-state index contributed by atoms with van der Waals surface area (Å²) in [6.45, 7) is 2.17. The first kappa shape index (κ1) is 24.0. The van der Waals surface area contributed by atoms with Crippen LogP contribution in [-0.2, 0) is 24.1 Å². The maximum absolute atomic E-state index is 13.8. The molecule has 6 nitrogen and oxygen atoms in total. The van der Waals surface area contributed by atoms with Gasteiger partial charge in [-0.1, -0.05) is 61.6 Å². The van der Waals surface area contributed by atoms with Crippen molar-refractivity contribution in [2.24, 2.45) is 5.92 Å². The summed E-state index contributed by atoms with van der Waals surface area (Å²) in [5.74, 6) is -1.04. The summed E-state index contributed by atoms with van der Waals surface area (Å²) < 4.78 is 0.659. The molecule has 0 saturated carbocycles. The number of carbonyl (C=O) groups is 3. The highest BCUT2D eigenvalue weighted by Gasteiger charge is 2.43. The maximum atomic E-state index is 13.8. The molecule has 2 aliphatic rings. The molecule has 0 fully saturated rings. The van der Waals surface area contributed by atoms with Crippen LogP contribution < -0.4 is 5.32 Å². The van der Waals surface area contributed by atoms with E-state index in [0.717, 1.165) is 40.9 Å². The number of nitriles is 1. The van der Waals surface area contributed by atoms with Crippen LogP contribution in [0, 0.1) is 21.1 Å². The number of amides is 3. The zero-order valence-corrected chi connectivity index (χ0v) is 21.2. The highest BCUT2D eigenvalue weighted by Crippen LogP contribution is 2.36. The van der Waals surface area contributed by atoms with E-state index < -0.39 is 23.8 Å². The Hall–Kier alpha value is -3.67. The van der Waals surface area contributed by atoms with E-state index in [0.29, 0.717) is 20.3 Å². The number of anilines is 1. The van der Waals surface area contributed by atoms with Crippen molar-refractivity contribution in [1.29, 1.82) is 5.26 Å². The minimum atomic E-state index is -1.09. The number of benzene rings is 2. The fourth-order valence-corrected chi connectivity index (χ4v) is 6.37. The standard InChI is InChI=1S/C28H23N3O3S2/c1-16-11-12-18-21(13-16)28(35)36-25(22(18)15-29)30-24(32)23(14-17-7-3-2-4-8-17)31-26(33)19-9-5-6-10-20(19)27(31)34/h2-10,16,23H,11-14H2,1H3,(H,30,32). The molecule has 8 heteroatoms. The summed E-state index contributed by atoms with van der Waals surface area (Å²) in [5, 5.41) is 13.2. The van der Waals surface area contributed by atoms with E-state index in [1.165, 1.54) is 11.3 Å². The van der Waals surface area contributed by atoms with E-state index in [1.807, 2.05) is 30.3 Å². The first-order valence-corrected chi connectivity index (χ1v) is 13.0. The lowest BCUT2D eigenvalue weighted by Gasteiger charge is -2.27. The van der Waals surface area contributed by atoms with Gasteiger partial charge in [-0.3, -0.25) is 19.3 Å². The van der Waals surface area contributed by atoms with Gasteiger partial charge in [0.15, 0.2) is 0 Å². The third-order valence-corrected chi connectivity index (χ3v) is 8.27. The second-order valence-electron chi connectivity index (χ2n) is 9.23. The molecule has 2 heterocycles. The van der Waals surface area contributed by atoms with Gasteiger partial charge in [-0.25, -0.2) is 0 Å². The summed E-state index contributed by atoms with van der Waals surface area (Å²) in [4.78, 5) is 41.3. The van der Waals surface area contributed by atoms with Crippen molar-refractivity contribution in [3.05, 3.63) is 91.8 Å². The molecule has 2 unspecified atom stereocenters. The predicted octanol–water partition coefficient (Wildman–Crippen LogP) is 5.32. The summed E-state index contributed by atoms with van der Waals surface area (Å²) in [6.07, 6.45) is 2.64. The average molecular weight is 514 g/mol. The molecule has 1 aromatic heterocycles. The molecule has 2 aromatic carbocycles. The lowest BCUT2D eigenvalue weighted by molar-refractivity contribution is -0.119. The van der Waals surface area contributed by atoms with Crippen molar-refractivity contribution in [3.8, 4) is 6.07 Å². The monoisotopic (exact) mass is 513 g/mol. The van der Waals surface area contributed by atoms with Crippen molar-refractivity contribution in [3.63, 3.8) is 0 Å². The second-order valence-corrected chi connectivity index (χ2v) is 10.9. The molecule has 3 amide bonds.